The summed E-state index contributed by atoms with van der Waals surface area (Å²) in [5.41, 5.74) is 6.42. The number of rotatable bonds is 1. The predicted molar refractivity (Wildman–Crippen MR) is 52.2 cm³/mol. The molecule has 0 saturated heterocycles. The van der Waals surface area contributed by atoms with E-state index in [1.807, 2.05) is 0 Å². The Morgan fingerprint density at radius 1 is 1.38 bits per heavy atom. The SMILES string of the molecule is Cc1nc(Cl)c(C)c(C(N)=O)c1Cl. The summed E-state index contributed by atoms with van der Waals surface area (Å²) in [4.78, 5) is 14.9. The summed E-state index contributed by atoms with van der Waals surface area (Å²) >= 11 is 11.6. The average Bonchev–Trinajstić information content (AvgIpc) is 2.01. The number of halogens is 2. The first-order chi connectivity index (χ1) is 5.95. The summed E-state index contributed by atoms with van der Waals surface area (Å²) in [6.07, 6.45) is 0. The number of carbonyl (C=O) groups is 1. The molecule has 70 valence electrons. The average molecular weight is 219 g/mol. The summed E-state index contributed by atoms with van der Waals surface area (Å²) in [5, 5.41) is 0.533. The molecular weight excluding hydrogens is 211 g/mol. The molecule has 0 radical (unpaired) electrons. The van der Waals surface area contributed by atoms with Crippen molar-refractivity contribution in [1.82, 2.24) is 4.98 Å². The molecule has 0 spiro atoms. The van der Waals surface area contributed by atoms with Crippen LogP contribution in [0, 0.1) is 13.8 Å². The molecule has 13 heavy (non-hydrogen) atoms. The number of aryl methyl sites for hydroxylation is 1. The van der Waals surface area contributed by atoms with Gasteiger partial charge in [-0.15, -0.1) is 0 Å². The van der Waals surface area contributed by atoms with Crippen molar-refractivity contribution in [3.8, 4) is 0 Å². The molecule has 0 aliphatic heterocycles. The quantitative estimate of drug-likeness (QED) is 0.735. The highest BCUT2D eigenvalue weighted by atomic mass is 35.5. The van der Waals surface area contributed by atoms with E-state index in [0.717, 1.165) is 0 Å². The zero-order chi connectivity index (χ0) is 10.2. The van der Waals surface area contributed by atoms with E-state index in [9.17, 15) is 4.79 Å². The van der Waals surface area contributed by atoms with Gasteiger partial charge < -0.3 is 5.73 Å². The van der Waals surface area contributed by atoms with Crippen LogP contribution >= 0.6 is 23.2 Å². The predicted octanol–water partition coefficient (Wildman–Crippen LogP) is 2.10. The normalized spacial score (nSPS) is 10.2. The first-order valence-corrected chi connectivity index (χ1v) is 4.32. The molecule has 0 bridgehead atoms. The van der Waals surface area contributed by atoms with Gasteiger partial charge in [0, 0.05) is 5.56 Å². The third-order valence-corrected chi connectivity index (χ3v) is 2.56. The molecule has 0 aliphatic carbocycles. The van der Waals surface area contributed by atoms with Crippen LogP contribution in [-0.2, 0) is 0 Å². The van der Waals surface area contributed by atoms with Crippen molar-refractivity contribution in [2.45, 2.75) is 13.8 Å². The van der Waals surface area contributed by atoms with E-state index in [-0.39, 0.29) is 15.7 Å². The maximum absolute atomic E-state index is 11.0. The van der Waals surface area contributed by atoms with Gasteiger partial charge in [-0.05, 0) is 13.8 Å². The smallest absolute Gasteiger partial charge is 0.250 e. The maximum Gasteiger partial charge on any atom is 0.250 e. The van der Waals surface area contributed by atoms with Crippen molar-refractivity contribution in [2.75, 3.05) is 0 Å². The molecule has 1 amide bonds. The van der Waals surface area contributed by atoms with Crippen LogP contribution in [0.3, 0.4) is 0 Å². The van der Waals surface area contributed by atoms with Crippen LogP contribution in [0.4, 0.5) is 0 Å². The van der Waals surface area contributed by atoms with Gasteiger partial charge in [-0.2, -0.15) is 0 Å². The lowest BCUT2D eigenvalue weighted by Gasteiger charge is -2.07. The third kappa shape index (κ3) is 1.76. The molecule has 0 aliphatic rings. The Balaban J connectivity index is 3.56. The summed E-state index contributed by atoms with van der Waals surface area (Å²) < 4.78 is 0. The fraction of sp³-hybridized carbons (Fsp3) is 0.250. The van der Waals surface area contributed by atoms with Gasteiger partial charge in [0.1, 0.15) is 5.15 Å². The zero-order valence-electron chi connectivity index (χ0n) is 7.19. The summed E-state index contributed by atoms with van der Waals surface area (Å²) in [5.74, 6) is -0.588. The summed E-state index contributed by atoms with van der Waals surface area (Å²) in [6.45, 7) is 3.32. The van der Waals surface area contributed by atoms with Crippen molar-refractivity contribution in [3.63, 3.8) is 0 Å². The number of primary amides is 1. The van der Waals surface area contributed by atoms with Crippen molar-refractivity contribution < 1.29 is 4.79 Å². The number of carbonyl (C=O) groups excluding carboxylic acids is 1. The Hall–Kier alpha value is -0.800. The third-order valence-electron chi connectivity index (χ3n) is 1.73. The number of amides is 1. The minimum Gasteiger partial charge on any atom is -0.366 e. The molecule has 0 fully saturated rings. The van der Waals surface area contributed by atoms with Crippen molar-refractivity contribution in [2.24, 2.45) is 5.73 Å². The van der Waals surface area contributed by atoms with Crippen molar-refractivity contribution in [3.05, 3.63) is 27.0 Å². The highest BCUT2D eigenvalue weighted by Crippen LogP contribution is 2.26. The van der Waals surface area contributed by atoms with E-state index in [1.165, 1.54) is 0 Å². The number of nitrogens with two attached hydrogens (primary N) is 1. The summed E-state index contributed by atoms with van der Waals surface area (Å²) in [7, 11) is 0. The van der Waals surface area contributed by atoms with Crippen LogP contribution in [0.5, 0.6) is 0 Å². The van der Waals surface area contributed by atoms with Gasteiger partial charge in [0.25, 0.3) is 5.91 Å². The monoisotopic (exact) mass is 218 g/mol. The number of hydrogen-bond donors (Lipinski definition) is 1. The highest BCUT2D eigenvalue weighted by Gasteiger charge is 2.16. The molecule has 2 N–H and O–H groups in total. The Bertz CT molecular complexity index is 351. The second kappa shape index (κ2) is 3.52. The molecule has 0 atom stereocenters. The lowest BCUT2D eigenvalue weighted by Crippen LogP contribution is -2.15. The Kier molecular flexibility index (Phi) is 2.78. The Labute approximate surface area is 85.9 Å². The lowest BCUT2D eigenvalue weighted by molar-refractivity contribution is 0.0999. The van der Waals surface area contributed by atoms with Crippen LogP contribution < -0.4 is 5.73 Å². The molecule has 1 rings (SSSR count). The van der Waals surface area contributed by atoms with Crippen LogP contribution in [0.2, 0.25) is 10.2 Å². The Morgan fingerprint density at radius 2 is 1.92 bits per heavy atom. The minimum atomic E-state index is -0.588. The lowest BCUT2D eigenvalue weighted by atomic mass is 10.1. The van der Waals surface area contributed by atoms with Gasteiger partial charge in [-0.3, -0.25) is 4.79 Å². The van der Waals surface area contributed by atoms with E-state index < -0.39 is 5.91 Å². The van der Waals surface area contributed by atoms with Crippen molar-refractivity contribution in [1.29, 1.82) is 0 Å². The first kappa shape index (κ1) is 10.3. The molecule has 5 heteroatoms. The fourth-order valence-electron chi connectivity index (χ4n) is 1.02. The molecule has 0 aromatic carbocycles. The second-order valence-electron chi connectivity index (χ2n) is 2.67. The van der Waals surface area contributed by atoms with E-state index in [0.29, 0.717) is 11.3 Å². The molecular formula is C8H8Cl2N2O. The maximum atomic E-state index is 11.0. The van der Waals surface area contributed by atoms with E-state index >= 15 is 0 Å². The van der Waals surface area contributed by atoms with E-state index in [1.54, 1.807) is 13.8 Å². The van der Waals surface area contributed by atoms with E-state index in [4.69, 9.17) is 28.9 Å². The van der Waals surface area contributed by atoms with Crippen molar-refractivity contribution >= 4 is 29.1 Å². The standard InChI is InChI=1S/C8H8Cl2N2O/c1-3-5(8(11)13)6(9)4(2)12-7(3)10/h1-2H3,(H2,11,13). The topological polar surface area (TPSA) is 56.0 Å². The molecule has 3 nitrogen and oxygen atoms in total. The molecule has 1 aromatic rings. The number of hydrogen-bond acceptors (Lipinski definition) is 2. The van der Waals surface area contributed by atoms with Gasteiger partial charge in [0.05, 0.1) is 16.3 Å². The van der Waals surface area contributed by atoms with Gasteiger partial charge in [0.2, 0.25) is 0 Å². The molecule has 1 heterocycles. The number of aromatic nitrogens is 1. The largest absolute Gasteiger partial charge is 0.366 e. The highest BCUT2D eigenvalue weighted by molar-refractivity contribution is 6.36. The van der Waals surface area contributed by atoms with Gasteiger partial charge in [-0.25, -0.2) is 4.98 Å². The number of pyridine rings is 1. The minimum absolute atomic E-state index is 0.249. The Morgan fingerprint density at radius 3 is 2.38 bits per heavy atom. The molecule has 1 aromatic heterocycles. The van der Waals surface area contributed by atoms with Gasteiger partial charge >= 0.3 is 0 Å². The first-order valence-electron chi connectivity index (χ1n) is 3.57. The van der Waals surface area contributed by atoms with Crippen LogP contribution in [-0.4, -0.2) is 10.9 Å². The fourth-order valence-corrected chi connectivity index (χ4v) is 1.52. The molecule has 0 saturated carbocycles. The second-order valence-corrected chi connectivity index (χ2v) is 3.40. The van der Waals surface area contributed by atoms with Crippen LogP contribution in [0.1, 0.15) is 21.6 Å². The molecule has 0 unspecified atom stereocenters. The number of nitrogens with zero attached hydrogens (tertiary/aromatic N) is 1. The van der Waals surface area contributed by atoms with Gasteiger partial charge in [0.15, 0.2) is 0 Å². The summed E-state index contributed by atoms with van der Waals surface area (Å²) in [6, 6.07) is 0. The van der Waals surface area contributed by atoms with E-state index in [2.05, 4.69) is 4.98 Å². The van der Waals surface area contributed by atoms with Crippen LogP contribution in [0.15, 0.2) is 0 Å². The van der Waals surface area contributed by atoms with Gasteiger partial charge in [-0.1, -0.05) is 23.2 Å². The zero-order valence-corrected chi connectivity index (χ0v) is 8.70. The van der Waals surface area contributed by atoms with Crippen LogP contribution in [0.25, 0.3) is 0 Å².